The molecule has 9 nitrogen and oxygen atoms in total. The molecule has 0 saturated heterocycles. The van der Waals surface area contributed by atoms with E-state index in [1.54, 1.807) is 18.2 Å². The summed E-state index contributed by atoms with van der Waals surface area (Å²) >= 11 is 0. The van der Waals surface area contributed by atoms with E-state index in [-0.39, 0.29) is 19.4 Å². The van der Waals surface area contributed by atoms with Gasteiger partial charge in [-0.05, 0) is 29.7 Å². The first-order valence-electron chi connectivity index (χ1n) is 8.95. The van der Waals surface area contributed by atoms with Crippen LogP contribution in [0, 0.1) is 0 Å². The average Bonchev–Trinajstić information content (AvgIpc) is 3.29. The summed E-state index contributed by atoms with van der Waals surface area (Å²) in [4.78, 5) is 32.1. The summed E-state index contributed by atoms with van der Waals surface area (Å²) in [6, 6.07) is 4.85. The molecule has 0 saturated carbocycles. The molecule has 2 heterocycles. The number of aromatic amines is 1. The third-order valence-corrected chi connectivity index (χ3v) is 4.58. The maximum atomic E-state index is 11.6. The second kappa shape index (κ2) is 10.8. The van der Waals surface area contributed by atoms with E-state index in [2.05, 4.69) is 46.1 Å². The highest BCUT2D eigenvalue weighted by molar-refractivity contribution is 7.37. The lowest BCUT2D eigenvalue weighted by Crippen LogP contribution is -2.21. The summed E-state index contributed by atoms with van der Waals surface area (Å²) in [5.41, 5.74) is 1.69. The number of aryl methyl sites for hydroxylation is 1. The number of nitrogens with zero attached hydrogens (tertiary/aromatic N) is 3. The van der Waals surface area contributed by atoms with Crippen molar-refractivity contribution in [1.82, 2.24) is 19.8 Å². The van der Waals surface area contributed by atoms with E-state index < -0.39 is 14.0 Å². The number of hydrogen-bond donors (Lipinski definition) is 3. The van der Waals surface area contributed by atoms with Crippen molar-refractivity contribution in [3.63, 3.8) is 0 Å². The molecule has 0 spiro atoms. The fourth-order valence-electron chi connectivity index (χ4n) is 2.53. The molecule has 1 aliphatic rings. The van der Waals surface area contributed by atoms with Crippen molar-refractivity contribution in [2.24, 2.45) is 0 Å². The van der Waals surface area contributed by atoms with E-state index in [1.165, 1.54) is 0 Å². The maximum absolute atomic E-state index is 11.6. The molecule has 0 amide bonds. The van der Waals surface area contributed by atoms with Gasteiger partial charge in [-0.3, -0.25) is 0 Å². The minimum atomic E-state index is -2.18. The van der Waals surface area contributed by atoms with E-state index in [4.69, 9.17) is 14.7 Å². The highest BCUT2D eigenvalue weighted by atomic mass is 31.1. The summed E-state index contributed by atoms with van der Waals surface area (Å²) in [5, 5.41) is 8.60. The van der Waals surface area contributed by atoms with Crippen LogP contribution in [0.15, 0.2) is 30.6 Å². The molecule has 3 N–H and O–H groups in total. The Morgan fingerprint density at radius 3 is 2.75 bits per heavy atom. The molecule has 0 radical (unpaired) electrons. The molecular formula is C18H26N4O5P+. The van der Waals surface area contributed by atoms with Gasteiger partial charge in [-0.1, -0.05) is 0 Å². The highest BCUT2D eigenvalue weighted by Gasteiger charge is 2.14. The zero-order valence-corrected chi connectivity index (χ0v) is 16.9. The number of imidazole rings is 1. The maximum Gasteiger partial charge on any atom is 0.505 e. The molecule has 1 aromatic carbocycles. The number of aromatic nitrogens is 2. The summed E-state index contributed by atoms with van der Waals surface area (Å²) < 4.78 is 15.5. The van der Waals surface area contributed by atoms with Crippen LogP contribution < -0.4 is 0 Å². The van der Waals surface area contributed by atoms with Gasteiger partial charge in [0.25, 0.3) is 0 Å². The van der Waals surface area contributed by atoms with Crippen molar-refractivity contribution in [3.8, 4) is 0 Å². The molecular weight excluding hydrogens is 383 g/mol. The van der Waals surface area contributed by atoms with Crippen LogP contribution in [0.2, 0.25) is 0 Å². The van der Waals surface area contributed by atoms with Crippen LogP contribution in [0.25, 0.3) is 11.0 Å². The van der Waals surface area contributed by atoms with Crippen LogP contribution in [-0.4, -0.2) is 75.4 Å². The van der Waals surface area contributed by atoms with Gasteiger partial charge < -0.3 is 24.6 Å². The van der Waals surface area contributed by atoms with Gasteiger partial charge in [-0.25, -0.2) is 9.78 Å². The molecule has 1 unspecified atom stereocenters. The van der Waals surface area contributed by atoms with Crippen molar-refractivity contribution in [2.45, 2.75) is 13.3 Å². The topological polar surface area (TPSA) is 119 Å². The smallest absolute Gasteiger partial charge is 0.460 e. The molecule has 0 bridgehead atoms. The third kappa shape index (κ3) is 6.60. The largest absolute Gasteiger partial charge is 0.505 e. The van der Waals surface area contributed by atoms with Crippen LogP contribution in [0.3, 0.4) is 0 Å². The predicted octanol–water partition coefficient (Wildman–Crippen LogP) is 1.67. The monoisotopic (exact) mass is 409 g/mol. The number of esters is 1. The number of benzene rings is 1. The number of carbonyl (C=O) groups is 1. The first-order valence-corrected chi connectivity index (χ1v) is 10.4. The van der Waals surface area contributed by atoms with Crippen LogP contribution >= 0.6 is 8.03 Å². The Morgan fingerprint density at radius 2 is 2.18 bits per heavy atom. The van der Waals surface area contributed by atoms with Crippen molar-refractivity contribution in [1.29, 1.82) is 0 Å². The SMILES string of the molecule is CCN1C=CN(C)C1.O=C(OCCO)c1ccc2nc(CC[P+](=O)O)[nH]c2c1. The van der Waals surface area contributed by atoms with Gasteiger partial charge in [-0.15, -0.1) is 0 Å². The molecule has 0 fully saturated rings. The number of aliphatic hydroxyl groups is 1. The number of hydrogen-bond acceptors (Lipinski definition) is 7. The molecule has 28 heavy (non-hydrogen) atoms. The molecule has 1 aromatic heterocycles. The summed E-state index contributed by atoms with van der Waals surface area (Å²) in [6.45, 7) is 4.05. The zero-order valence-electron chi connectivity index (χ0n) is 16.0. The summed E-state index contributed by atoms with van der Waals surface area (Å²) in [7, 11) is -0.109. The van der Waals surface area contributed by atoms with Gasteiger partial charge >= 0.3 is 14.0 Å². The number of rotatable bonds is 7. The number of nitrogens with one attached hydrogen (secondary N) is 1. The average molecular weight is 409 g/mol. The second-order valence-electron chi connectivity index (χ2n) is 6.20. The quantitative estimate of drug-likeness (QED) is 0.467. The van der Waals surface area contributed by atoms with Gasteiger partial charge in [0.2, 0.25) is 0 Å². The Hall–Kier alpha value is -2.48. The second-order valence-corrected chi connectivity index (χ2v) is 7.35. The Kier molecular flexibility index (Phi) is 8.38. The van der Waals surface area contributed by atoms with E-state index in [0.717, 1.165) is 13.2 Å². The van der Waals surface area contributed by atoms with Gasteiger partial charge in [0.1, 0.15) is 12.4 Å². The Balaban J connectivity index is 0.000000292. The first kappa shape index (κ1) is 21.8. The van der Waals surface area contributed by atoms with Crippen LogP contribution in [-0.2, 0) is 15.7 Å². The van der Waals surface area contributed by atoms with Crippen molar-refractivity contribution < 1.29 is 24.1 Å². The lowest BCUT2D eigenvalue weighted by atomic mass is 10.2. The van der Waals surface area contributed by atoms with Gasteiger partial charge in [-0.2, -0.15) is 4.89 Å². The number of fused-ring (bicyclic) bond motifs is 1. The van der Waals surface area contributed by atoms with Crippen LogP contribution in [0.4, 0.5) is 0 Å². The zero-order chi connectivity index (χ0) is 20.5. The standard InChI is InChI=1S/C12H13N2O5P.C6H12N2/c15-4-5-19-12(16)8-1-2-9-10(7-8)14-11(13-9)3-6-20(17)18;1-3-8-5-4-7(2)6-8/h1-2,7,15H,3-6H2,(H-,13,14,16,17,18);4-5H,3,6H2,1-2H3/p+1. The lowest BCUT2D eigenvalue weighted by Gasteiger charge is -2.14. The van der Waals surface area contributed by atoms with Crippen molar-refractivity contribution >= 4 is 25.0 Å². The molecule has 152 valence electrons. The fraction of sp³-hybridized carbons (Fsp3) is 0.444. The Morgan fingerprint density at radius 1 is 1.39 bits per heavy atom. The first-order chi connectivity index (χ1) is 13.4. The van der Waals surface area contributed by atoms with Crippen LogP contribution in [0.5, 0.6) is 0 Å². The normalized spacial score (nSPS) is 13.5. The Labute approximate surface area is 164 Å². The molecule has 2 aromatic rings. The van der Waals surface area contributed by atoms with Gasteiger partial charge in [0.15, 0.2) is 6.16 Å². The van der Waals surface area contributed by atoms with E-state index in [9.17, 15) is 9.36 Å². The van der Waals surface area contributed by atoms with Crippen LogP contribution in [0.1, 0.15) is 23.1 Å². The van der Waals surface area contributed by atoms with E-state index in [0.29, 0.717) is 28.8 Å². The number of H-pyrrole nitrogens is 1. The number of ether oxygens (including phenoxy) is 1. The minimum Gasteiger partial charge on any atom is -0.460 e. The van der Waals surface area contributed by atoms with E-state index >= 15 is 0 Å². The third-order valence-electron chi connectivity index (χ3n) is 3.97. The molecule has 1 aliphatic heterocycles. The summed E-state index contributed by atoms with van der Waals surface area (Å²) in [5.74, 6) is 0.0776. The highest BCUT2D eigenvalue weighted by Crippen LogP contribution is 2.18. The summed E-state index contributed by atoms with van der Waals surface area (Å²) in [6.07, 6.45) is 4.70. The number of carbonyl (C=O) groups excluding carboxylic acids is 1. The predicted molar refractivity (Wildman–Crippen MR) is 106 cm³/mol. The molecule has 10 heteroatoms. The minimum absolute atomic E-state index is 0.0470. The van der Waals surface area contributed by atoms with Crippen molar-refractivity contribution in [3.05, 3.63) is 42.0 Å². The van der Waals surface area contributed by atoms with Crippen molar-refractivity contribution in [2.75, 3.05) is 39.6 Å². The van der Waals surface area contributed by atoms with Gasteiger partial charge in [0.05, 0.1) is 36.3 Å². The Bertz CT molecular complexity index is 838. The molecule has 3 rings (SSSR count). The molecule has 0 aliphatic carbocycles. The fourth-order valence-corrected chi connectivity index (χ4v) is 2.93. The van der Waals surface area contributed by atoms with Gasteiger partial charge in [0, 0.05) is 26.0 Å². The number of aliphatic hydroxyl groups excluding tert-OH is 1. The molecule has 1 atom stereocenters. The van der Waals surface area contributed by atoms with E-state index in [1.807, 2.05) is 0 Å². The lowest BCUT2D eigenvalue weighted by molar-refractivity contribution is 0.0434.